The normalized spacial score (nSPS) is 11.2. The first-order chi connectivity index (χ1) is 19.3. The van der Waals surface area contributed by atoms with E-state index in [0.29, 0.717) is 0 Å². The van der Waals surface area contributed by atoms with E-state index in [4.69, 9.17) is 9.97 Å². The van der Waals surface area contributed by atoms with Gasteiger partial charge in [-0.3, -0.25) is 4.90 Å². The zero-order chi connectivity index (χ0) is 26.2. The Bertz CT molecular complexity index is 1890. The summed E-state index contributed by atoms with van der Waals surface area (Å²) in [6, 6.07) is 42.9. The molecular weight excluding hydrogens is 498 g/mol. The van der Waals surface area contributed by atoms with Gasteiger partial charge < -0.3 is 5.11 Å². The molecule has 7 aromatic rings. The van der Waals surface area contributed by atoms with Crippen LogP contribution in [0.3, 0.4) is 0 Å². The molecule has 2 heterocycles. The molecule has 186 valence electrons. The number of fused-ring (bicyclic) bond motifs is 2. The number of pyridine rings is 1. The summed E-state index contributed by atoms with van der Waals surface area (Å²) in [7, 11) is 0. The number of aromatic hydroxyl groups is 1. The number of phenolic OH excluding ortho intramolecular Hbond substituents is 1. The minimum absolute atomic E-state index is 0.236. The molecule has 0 aliphatic heterocycles. The number of nitrogens with zero attached hydrogens (tertiary/aromatic N) is 3. The van der Waals surface area contributed by atoms with Gasteiger partial charge >= 0.3 is 0 Å². The van der Waals surface area contributed by atoms with Crippen LogP contribution in [-0.2, 0) is 0 Å². The first-order valence-electron chi connectivity index (χ1n) is 12.7. The second-order valence-corrected chi connectivity index (χ2v) is 10.3. The fraction of sp³-hybridized carbons (Fsp3) is 0. The molecule has 0 bridgehead atoms. The van der Waals surface area contributed by atoms with Crippen molar-refractivity contribution in [2.24, 2.45) is 0 Å². The summed E-state index contributed by atoms with van der Waals surface area (Å²) in [6.07, 6.45) is 1.83. The highest BCUT2D eigenvalue weighted by atomic mass is 32.1. The third kappa shape index (κ3) is 4.19. The maximum atomic E-state index is 10.5. The summed E-state index contributed by atoms with van der Waals surface area (Å²) in [5, 5.41) is 13.5. The van der Waals surface area contributed by atoms with Gasteiger partial charge in [0.05, 0.1) is 21.5 Å². The predicted octanol–water partition coefficient (Wildman–Crippen LogP) is 9.35. The van der Waals surface area contributed by atoms with E-state index < -0.39 is 0 Å². The molecule has 0 radical (unpaired) electrons. The van der Waals surface area contributed by atoms with Crippen LogP contribution in [-0.4, -0.2) is 15.1 Å². The smallest absolute Gasteiger partial charge is 0.137 e. The SMILES string of the molecule is Oc1ccccc1-c1nc2c(-c3cc(N(c4ccccc4)c4ccccn4)c4ccccc4c3)cccc2s1. The first kappa shape index (κ1) is 23.1. The van der Waals surface area contributed by atoms with E-state index >= 15 is 0 Å². The number of rotatable bonds is 5. The molecule has 5 aromatic carbocycles. The van der Waals surface area contributed by atoms with Crippen molar-refractivity contribution in [2.75, 3.05) is 4.90 Å². The lowest BCUT2D eigenvalue weighted by Gasteiger charge is -2.26. The first-order valence-corrected chi connectivity index (χ1v) is 13.6. The van der Waals surface area contributed by atoms with Gasteiger partial charge in [-0.15, -0.1) is 11.3 Å². The van der Waals surface area contributed by atoms with Crippen molar-refractivity contribution in [2.45, 2.75) is 0 Å². The van der Waals surface area contributed by atoms with Crippen LogP contribution < -0.4 is 4.90 Å². The Kier molecular flexibility index (Phi) is 5.76. The Hall–Kier alpha value is -5.00. The van der Waals surface area contributed by atoms with Gasteiger partial charge in [-0.05, 0) is 65.5 Å². The molecule has 0 amide bonds. The van der Waals surface area contributed by atoms with E-state index in [1.54, 1.807) is 17.4 Å². The number of hydrogen-bond acceptors (Lipinski definition) is 5. The van der Waals surface area contributed by atoms with Crippen LogP contribution in [0.25, 0.3) is 42.7 Å². The molecule has 0 saturated heterocycles. The van der Waals surface area contributed by atoms with Gasteiger partial charge in [-0.1, -0.05) is 72.8 Å². The van der Waals surface area contributed by atoms with Crippen LogP contribution >= 0.6 is 11.3 Å². The Labute approximate surface area is 230 Å². The summed E-state index contributed by atoms with van der Waals surface area (Å²) in [5.74, 6) is 1.08. The zero-order valence-electron chi connectivity index (χ0n) is 20.9. The van der Waals surface area contributed by atoms with Gasteiger partial charge in [0, 0.05) is 22.8 Å². The van der Waals surface area contributed by atoms with Crippen LogP contribution in [0, 0.1) is 0 Å². The van der Waals surface area contributed by atoms with Crippen LogP contribution in [0.4, 0.5) is 17.2 Å². The van der Waals surface area contributed by atoms with Gasteiger partial charge in [0.1, 0.15) is 16.6 Å². The second kappa shape index (κ2) is 9.71. The minimum atomic E-state index is 0.236. The van der Waals surface area contributed by atoms with Crippen molar-refractivity contribution in [3.63, 3.8) is 0 Å². The number of para-hydroxylation sites is 3. The molecule has 4 nitrogen and oxygen atoms in total. The van der Waals surface area contributed by atoms with Crippen molar-refractivity contribution in [1.82, 2.24) is 9.97 Å². The van der Waals surface area contributed by atoms with Gasteiger partial charge in [0.25, 0.3) is 0 Å². The standard InChI is InChI=1S/C34H23N3OS/c38-30-17-7-6-15-28(30)34-36-33-27(16-10-18-31(33)39-34)24-21-23-11-4-5-14-26(23)29(22-24)37(25-12-2-1-3-13-25)32-19-8-9-20-35-32/h1-22,38H. The number of anilines is 3. The Balaban J connectivity index is 1.47. The largest absolute Gasteiger partial charge is 0.507 e. The molecule has 2 aromatic heterocycles. The molecule has 0 spiro atoms. The maximum absolute atomic E-state index is 10.5. The lowest BCUT2D eigenvalue weighted by atomic mass is 9.98. The van der Waals surface area contributed by atoms with E-state index in [2.05, 4.69) is 71.6 Å². The molecule has 0 aliphatic carbocycles. The molecule has 0 unspecified atom stereocenters. The third-order valence-corrected chi connectivity index (χ3v) is 7.89. The molecule has 7 rings (SSSR count). The van der Waals surface area contributed by atoms with E-state index in [9.17, 15) is 5.11 Å². The summed E-state index contributed by atoms with van der Waals surface area (Å²) < 4.78 is 1.07. The Morgan fingerprint density at radius 1 is 0.667 bits per heavy atom. The number of hydrogen-bond donors (Lipinski definition) is 1. The third-order valence-electron chi connectivity index (χ3n) is 6.84. The number of phenols is 1. The molecule has 0 saturated carbocycles. The lowest BCUT2D eigenvalue weighted by molar-refractivity contribution is 0.477. The highest BCUT2D eigenvalue weighted by molar-refractivity contribution is 7.21. The highest BCUT2D eigenvalue weighted by Crippen LogP contribution is 2.43. The maximum Gasteiger partial charge on any atom is 0.137 e. The second-order valence-electron chi connectivity index (χ2n) is 9.26. The van der Waals surface area contributed by atoms with E-state index in [-0.39, 0.29) is 5.75 Å². The Morgan fingerprint density at radius 2 is 1.44 bits per heavy atom. The molecule has 0 fully saturated rings. The zero-order valence-corrected chi connectivity index (χ0v) is 21.7. The quantitative estimate of drug-likeness (QED) is 0.245. The van der Waals surface area contributed by atoms with Crippen LogP contribution in [0.5, 0.6) is 5.75 Å². The van der Waals surface area contributed by atoms with Crippen molar-refractivity contribution < 1.29 is 5.11 Å². The van der Waals surface area contributed by atoms with E-state index in [0.717, 1.165) is 59.9 Å². The molecule has 39 heavy (non-hydrogen) atoms. The van der Waals surface area contributed by atoms with Crippen LogP contribution in [0.2, 0.25) is 0 Å². The topological polar surface area (TPSA) is 49.3 Å². The number of thiazole rings is 1. The van der Waals surface area contributed by atoms with E-state index in [1.165, 1.54) is 0 Å². The summed E-state index contributed by atoms with van der Waals surface area (Å²) in [6.45, 7) is 0. The van der Waals surface area contributed by atoms with Crippen molar-refractivity contribution in [3.8, 4) is 27.4 Å². The predicted molar refractivity (Wildman–Crippen MR) is 162 cm³/mol. The fourth-order valence-electron chi connectivity index (χ4n) is 5.04. The molecule has 0 atom stereocenters. The van der Waals surface area contributed by atoms with Crippen molar-refractivity contribution in [1.29, 1.82) is 0 Å². The average Bonchev–Trinajstić information content (AvgIpc) is 3.43. The Morgan fingerprint density at radius 3 is 2.28 bits per heavy atom. The van der Waals surface area contributed by atoms with Gasteiger partial charge in [-0.2, -0.15) is 0 Å². The van der Waals surface area contributed by atoms with Gasteiger partial charge in [0.15, 0.2) is 0 Å². The van der Waals surface area contributed by atoms with Crippen LogP contribution in [0.15, 0.2) is 134 Å². The lowest BCUT2D eigenvalue weighted by Crippen LogP contribution is -2.12. The highest BCUT2D eigenvalue weighted by Gasteiger charge is 2.19. The molecule has 5 heteroatoms. The number of aromatic nitrogens is 2. The fourth-order valence-corrected chi connectivity index (χ4v) is 6.07. The van der Waals surface area contributed by atoms with Gasteiger partial charge in [0.2, 0.25) is 0 Å². The number of benzene rings is 5. The van der Waals surface area contributed by atoms with Crippen molar-refractivity contribution in [3.05, 3.63) is 134 Å². The minimum Gasteiger partial charge on any atom is -0.507 e. The average molecular weight is 522 g/mol. The van der Waals surface area contributed by atoms with Crippen LogP contribution in [0.1, 0.15) is 0 Å². The molecule has 0 aliphatic rings. The van der Waals surface area contributed by atoms with Crippen molar-refractivity contribution >= 4 is 49.5 Å². The molecular formula is C34H23N3OS. The molecule has 1 N–H and O–H groups in total. The summed E-state index contributed by atoms with van der Waals surface area (Å²) in [4.78, 5) is 12.0. The van der Waals surface area contributed by atoms with Gasteiger partial charge in [-0.25, -0.2) is 9.97 Å². The monoisotopic (exact) mass is 521 g/mol. The van der Waals surface area contributed by atoms with E-state index in [1.807, 2.05) is 60.8 Å². The summed E-state index contributed by atoms with van der Waals surface area (Å²) >= 11 is 1.59. The summed E-state index contributed by atoms with van der Waals surface area (Å²) in [5.41, 5.74) is 5.86.